The van der Waals surface area contributed by atoms with Gasteiger partial charge in [-0.1, -0.05) is 46.5 Å². The Morgan fingerprint density at radius 1 is 1.07 bits per heavy atom. The molecule has 1 aliphatic rings. The van der Waals surface area contributed by atoms with E-state index in [0.29, 0.717) is 11.6 Å². The van der Waals surface area contributed by atoms with Crippen LogP contribution in [0.2, 0.25) is 0 Å². The van der Waals surface area contributed by atoms with E-state index >= 15 is 0 Å². The summed E-state index contributed by atoms with van der Waals surface area (Å²) in [6.07, 6.45) is 7.36. The van der Waals surface area contributed by atoms with Gasteiger partial charge >= 0.3 is 0 Å². The second-order valence-corrected chi connectivity index (χ2v) is 5.14. The van der Waals surface area contributed by atoms with Crippen molar-refractivity contribution in [3.05, 3.63) is 0 Å². The van der Waals surface area contributed by atoms with E-state index < -0.39 is 0 Å². The Kier molecular flexibility index (Phi) is 4.90. The van der Waals surface area contributed by atoms with Crippen molar-refractivity contribution in [3.8, 4) is 0 Å². The molecule has 0 radical (unpaired) electrons. The van der Waals surface area contributed by atoms with Crippen LogP contribution in [0.5, 0.6) is 0 Å². The van der Waals surface area contributed by atoms with Crippen LogP contribution in [0.3, 0.4) is 0 Å². The van der Waals surface area contributed by atoms with E-state index in [9.17, 15) is 0 Å². The van der Waals surface area contributed by atoms with Crippen molar-refractivity contribution in [2.75, 3.05) is 13.1 Å². The van der Waals surface area contributed by atoms with E-state index in [2.05, 4.69) is 31.4 Å². The molecule has 0 aromatic heterocycles. The minimum absolute atomic E-state index is 0.407. The van der Waals surface area contributed by atoms with Gasteiger partial charge in [-0.25, -0.2) is 0 Å². The van der Waals surface area contributed by atoms with Crippen molar-refractivity contribution in [3.63, 3.8) is 0 Å². The van der Waals surface area contributed by atoms with Crippen LogP contribution in [0.1, 0.15) is 52.9 Å². The van der Waals surface area contributed by atoms with E-state index in [-0.39, 0.29) is 0 Å². The van der Waals surface area contributed by atoms with E-state index in [1.54, 1.807) is 0 Å². The average molecular weight is 198 g/mol. The molecule has 1 fully saturated rings. The monoisotopic (exact) mass is 198 g/mol. The molecule has 2 heteroatoms. The van der Waals surface area contributed by atoms with Crippen LogP contribution in [-0.4, -0.2) is 19.3 Å². The second-order valence-electron chi connectivity index (χ2n) is 5.14. The predicted molar refractivity (Wildman–Crippen MR) is 62.3 cm³/mol. The molecule has 0 amide bonds. The first-order chi connectivity index (χ1) is 6.67. The van der Waals surface area contributed by atoms with E-state index in [1.807, 2.05) is 0 Å². The lowest BCUT2D eigenvalue weighted by molar-refractivity contribution is 0.216. The van der Waals surface area contributed by atoms with Crippen molar-refractivity contribution >= 4 is 0 Å². The van der Waals surface area contributed by atoms with Crippen LogP contribution < -0.4 is 10.6 Å². The van der Waals surface area contributed by atoms with Crippen LogP contribution in [0.15, 0.2) is 0 Å². The fraction of sp³-hybridized carbons (Fsp3) is 1.00. The molecule has 0 unspecified atom stereocenters. The molecule has 14 heavy (non-hydrogen) atoms. The fourth-order valence-corrected chi connectivity index (χ4v) is 2.21. The summed E-state index contributed by atoms with van der Waals surface area (Å²) in [5.74, 6) is 0. The van der Waals surface area contributed by atoms with Gasteiger partial charge in [0.05, 0.1) is 6.17 Å². The molecule has 1 aliphatic heterocycles. The Labute approximate surface area is 88.8 Å². The van der Waals surface area contributed by atoms with Crippen LogP contribution in [-0.2, 0) is 0 Å². The second kappa shape index (κ2) is 5.72. The zero-order valence-corrected chi connectivity index (χ0v) is 10.0. The summed E-state index contributed by atoms with van der Waals surface area (Å²) in [5, 5.41) is 7.05. The highest BCUT2D eigenvalue weighted by Gasteiger charge is 2.30. The molecule has 2 N–H and O–H groups in total. The van der Waals surface area contributed by atoms with Gasteiger partial charge in [-0.3, -0.25) is 0 Å². The quantitative estimate of drug-likeness (QED) is 0.641. The zero-order chi connectivity index (χ0) is 10.4. The Balaban J connectivity index is 2.19. The number of hydrogen-bond donors (Lipinski definition) is 2. The first-order valence-corrected chi connectivity index (χ1v) is 6.13. The topological polar surface area (TPSA) is 24.1 Å². The molecular weight excluding hydrogens is 172 g/mol. The number of rotatable bonds is 6. The molecule has 1 heterocycles. The Morgan fingerprint density at radius 2 is 1.71 bits per heavy atom. The normalized spacial score (nSPS) is 19.1. The molecule has 1 saturated heterocycles. The Hall–Kier alpha value is -0.0800. The molecule has 0 spiro atoms. The maximum absolute atomic E-state index is 3.53. The van der Waals surface area contributed by atoms with Crippen molar-refractivity contribution in [2.24, 2.45) is 5.41 Å². The van der Waals surface area contributed by atoms with Crippen molar-refractivity contribution in [1.29, 1.82) is 0 Å². The van der Waals surface area contributed by atoms with Gasteiger partial charge in [-0.2, -0.15) is 0 Å². The lowest BCUT2D eigenvalue weighted by Gasteiger charge is -2.31. The van der Waals surface area contributed by atoms with Crippen LogP contribution in [0.25, 0.3) is 0 Å². The molecular formula is C12H26N2. The van der Waals surface area contributed by atoms with Crippen molar-refractivity contribution in [1.82, 2.24) is 10.6 Å². The summed E-state index contributed by atoms with van der Waals surface area (Å²) in [6, 6.07) is 0. The number of nitrogens with one attached hydrogen (secondary N) is 2. The number of unbranched alkanes of at least 4 members (excludes halogenated alkanes) is 3. The van der Waals surface area contributed by atoms with Gasteiger partial charge in [0.2, 0.25) is 0 Å². The fourth-order valence-electron chi connectivity index (χ4n) is 2.21. The highest BCUT2D eigenvalue weighted by Crippen LogP contribution is 2.27. The Morgan fingerprint density at radius 3 is 2.29 bits per heavy atom. The molecule has 0 aliphatic carbocycles. The SMILES string of the molecule is CCCCCCC(C)(C)C1NCCN1. The highest BCUT2D eigenvalue weighted by atomic mass is 15.2. The van der Waals surface area contributed by atoms with Gasteiger partial charge in [0.1, 0.15) is 0 Å². The molecule has 0 saturated carbocycles. The summed E-state index contributed by atoms with van der Waals surface area (Å²) in [4.78, 5) is 0. The average Bonchev–Trinajstić information content (AvgIpc) is 2.65. The maximum atomic E-state index is 3.53. The molecule has 1 rings (SSSR count). The molecule has 0 aromatic rings. The van der Waals surface area contributed by atoms with Gasteiger partial charge in [-0.05, 0) is 11.8 Å². The smallest absolute Gasteiger partial charge is 0.0625 e. The number of hydrogen-bond acceptors (Lipinski definition) is 2. The third kappa shape index (κ3) is 3.58. The van der Waals surface area contributed by atoms with Gasteiger partial charge < -0.3 is 10.6 Å². The van der Waals surface area contributed by atoms with Crippen LogP contribution in [0.4, 0.5) is 0 Å². The first-order valence-electron chi connectivity index (χ1n) is 6.13. The summed E-state index contributed by atoms with van der Waals surface area (Å²) in [5.41, 5.74) is 0.407. The third-order valence-electron chi connectivity index (χ3n) is 3.28. The predicted octanol–water partition coefficient (Wildman–Crippen LogP) is 2.50. The van der Waals surface area contributed by atoms with Crippen molar-refractivity contribution in [2.45, 2.75) is 59.0 Å². The van der Waals surface area contributed by atoms with E-state index in [1.165, 1.54) is 32.1 Å². The maximum Gasteiger partial charge on any atom is 0.0625 e. The van der Waals surface area contributed by atoms with Gasteiger partial charge in [0.15, 0.2) is 0 Å². The zero-order valence-electron chi connectivity index (χ0n) is 10.0. The molecule has 0 aromatic carbocycles. The van der Waals surface area contributed by atoms with Crippen LogP contribution >= 0.6 is 0 Å². The van der Waals surface area contributed by atoms with Gasteiger partial charge in [0, 0.05) is 13.1 Å². The Bertz CT molecular complexity index is 148. The van der Waals surface area contributed by atoms with E-state index in [0.717, 1.165) is 13.1 Å². The standard InChI is InChI=1S/C12H26N2/c1-4-5-6-7-8-12(2,3)11-13-9-10-14-11/h11,13-14H,4-10H2,1-3H3. The highest BCUT2D eigenvalue weighted by molar-refractivity contribution is 4.86. The lowest BCUT2D eigenvalue weighted by atomic mass is 9.84. The minimum atomic E-state index is 0.407. The van der Waals surface area contributed by atoms with Gasteiger partial charge in [-0.15, -0.1) is 0 Å². The largest absolute Gasteiger partial charge is 0.300 e. The summed E-state index contributed by atoms with van der Waals surface area (Å²) >= 11 is 0. The van der Waals surface area contributed by atoms with E-state index in [4.69, 9.17) is 0 Å². The first kappa shape index (κ1) is 12.0. The minimum Gasteiger partial charge on any atom is -0.300 e. The molecule has 84 valence electrons. The molecule has 2 nitrogen and oxygen atoms in total. The third-order valence-corrected chi connectivity index (χ3v) is 3.28. The molecule has 0 atom stereocenters. The lowest BCUT2D eigenvalue weighted by Crippen LogP contribution is -2.44. The summed E-state index contributed by atoms with van der Waals surface area (Å²) in [6.45, 7) is 9.27. The van der Waals surface area contributed by atoms with Gasteiger partial charge in [0.25, 0.3) is 0 Å². The summed E-state index contributed by atoms with van der Waals surface area (Å²) in [7, 11) is 0. The van der Waals surface area contributed by atoms with Crippen molar-refractivity contribution < 1.29 is 0 Å². The summed E-state index contributed by atoms with van der Waals surface area (Å²) < 4.78 is 0. The molecule has 0 bridgehead atoms. The van der Waals surface area contributed by atoms with Crippen LogP contribution in [0, 0.1) is 5.41 Å².